The van der Waals surface area contributed by atoms with Gasteiger partial charge >= 0.3 is 158 Å². The van der Waals surface area contributed by atoms with Crippen LogP contribution in [0.2, 0.25) is 5.32 Å². The van der Waals surface area contributed by atoms with Crippen LogP contribution in [0.4, 0.5) is 0 Å². The van der Waals surface area contributed by atoms with Gasteiger partial charge in [-0.25, -0.2) is 0 Å². The Morgan fingerprint density at radius 2 is 1.36 bits per heavy atom. The van der Waals surface area contributed by atoms with Crippen LogP contribution >= 0.6 is 0 Å². The van der Waals surface area contributed by atoms with Crippen LogP contribution < -0.4 is 4.46 Å². The van der Waals surface area contributed by atoms with E-state index in [2.05, 4.69) is 105 Å². The standard InChI is InChI=1S/C24H24Se/c1-19-8-12-21(13-9-19)14-17-23(22-15-10-20(2)11-16-22)18-25-24-6-4-3-5-7-24/h3-17,23H,18H2,1-2H3/b17-14+. The molecule has 0 aliphatic carbocycles. The monoisotopic (exact) mass is 392 g/mol. The Hall–Kier alpha value is -2.08. The maximum absolute atomic E-state index is 2.38. The Morgan fingerprint density at radius 3 is 2.00 bits per heavy atom. The molecule has 0 spiro atoms. The molecule has 126 valence electrons. The number of allylic oxidation sites excluding steroid dienone is 1. The van der Waals surface area contributed by atoms with Crippen LogP contribution in [0.1, 0.15) is 28.2 Å². The van der Waals surface area contributed by atoms with Crippen LogP contribution in [0.3, 0.4) is 0 Å². The normalized spacial score (nSPS) is 12.4. The zero-order chi connectivity index (χ0) is 17.5. The Labute approximate surface area is 157 Å². The second-order valence-corrected chi connectivity index (χ2v) is 8.71. The van der Waals surface area contributed by atoms with E-state index in [0.717, 1.165) is 0 Å². The van der Waals surface area contributed by atoms with Crippen molar-refractivity contribution in [1.29, 1.82) is 0 Å². The molecule has 0 saturated carbocycles. The Bertz CT molecular complexity index is 799. The summed E-state index contributed by atoms with van der Waals surface area (Å²) in [5, 5.41) is 1.18. The summed E-state index contributed by atoms with van der Waals surface area (Å²) in [6.07, 6.45) is 4.64. The van der Waals surface area contributed by atoms with Gasteiger partial charge in [-0.1, -0.05) is 0 Å². The van der Waals surface area contributed by atoms with E-state index in [1.165, 1.54) is 32.0 Å². The Balaban J connectivity index is 1.78. The topological polar surface area (TPSA) is 0 Å². The van der Waals surface area contributed by atoms with Gasteiger partial charge in [-0.2, -0.15) is 0 Å². The van der Waals surface area contributed by atoms with Gasteiger partial charge in [0.15, 0.2) is 0 Å². The SMILES string of the molecule is Cc1ccc(/C=C/C(C[Se]c2ccccc2)c2ccc(C)cc2)cc1. The van der Waals surface area contributed by atoms with Gasteiger partial charge < -0.3 is 0 Å². The van der Waals surface area contributed by atoms with E-state index >= 15 is 0 Å². The number of hydrogen-bond acceptors (Lipinski definition) is 0. The van der Waals surface area contributed by atoms with Crippen molar-refractivity contribution >= 4 is 25.5 Å². The number of aryl methyl sites for hydroxylation is 2. The molecule has 0 radical (unpaired) electrons. The van der Waals surface area contributed by atoms with Crippen molar-refractivity contribution in [3.05, 3.63) is 107 Å². The van der Waals surface area contributed by atoms with Gasteiger partial charge in [0.25, 0.3) is 0 Å². The van der Waals surface area contributed by atoms with Crippen molar-refractivity contribution in [2.75, 3.05) is 0 Å². The quantitative estimate of drug-likeness (QED) is 0.484. The van der Waals surface area contributed by atoms with Crippen molar-refractivity contribution in [3.63, 3.8) is 0 Å². The van der Waals surface area contributed by atoms with Gasteiger partial charge in [-0.15, -0.1) is 0 Å². The van der Waals surface area contributed by atoms with E-state index in [-0.39, 0.29) is 0 Å². The van der Waals surface area contributed by atoms with Gasteiger partial charge in [0.2, 0.25) is 0 Å². The fraction of sp³-hybridized carbons (Fsp3) is 0.167. The molecule has 1 atom stereocenters. The average molecular weight is 391 g/mol. The zero-order valence-corrected chi connectivity index (χ0v) is 16.6. The summed E-state index contributed by atoms with van der Waals surface area (Å²) in [5.74, 6) is 0.460. The molecule has 1 heteroatoms. The first-order chi connectivity index (χ1) is 12.2. The Kier molecular flexibility index (Phi) is 6.28. The molecule has 0 nitrogen and oxygen atoms in total. The van der Waals surface area contributed by atoms with E-state index in [1.54, 1.807) is 0 Å². The molecule has 3 rings (SSSR count). The predicted octanol–water partition coefficient (Wildman–Crippen LogP) is 5.55. The molecule has 0 N–H and O–H groups in total. The molecule has 0 heterocycles. The van der Waals surface area contributed by atoms with Crippen molar-refractivity contribution in [2.45, 2.75) is 25.1 Å². The second-order valence-electron chi connectivity index (χ2n) is 6.41. The maximum atomic E-state index is 2.38. The molecule has 0 amide bonds. The number of rotatable bonds is 6. The number of benzene rings is 3. The van der Waals surface area contributed by atoms with Crippen LogP contribution in [0.15, 0.2) is 84.9 Å². The number of hydrogen-bond donors (Lipinski definition) is 0. The molecular formula is C24H24Se. The van der Waals surface area contributed by atoms with E-state index in [9.17, 15) is 0 Å². The summed E-state index contributed by atoms with van der Waals surface area (Å²) < 4.78 is 1.47. The molecule has 1 unspecified atom stereocenters. The average Bonchev–Trinajstić information content (AvgIpc) is 2.65. The molecule has 3 aromatic carbocycles. The zero-order valence-electron chi connectivity index (χ0n) is 14.9. The van der Waals surface area contributed by atoms with Gasteiger partial charge in [0.05, 0.1) is 0 Å². The summed E-state index contributed by atoms with van der Waals surface area (Å²) in [6, 6.07) is 28.6. The van der Waals surface area contributed by atoms with Crippen LogP contribution in [-0.4, -0.2) is 15.0 Å². The molecule has 0 saturated heterocycles. The molecule has 0 fully saturated rings. The molecular weight excluding hydrogens is 367 g/mol. The molecule has 0 aromatic heterocycles. The van der Waals surface area contributed by atoms with Crippen molar-refractivity contribution < 1.29 is 0 Å². The van der Waals surface area contributed by atoms with E-state index in [0.29, 0.717) is 20.9 Å². The van der Waals surface area contributed by atoms with E-state index < -0.39 is 0 Å². The van der Waals surface area contributed by atoms with Crippen LogP contribution in [-0.2, 0) is 0 Å². The van der Waals surface area contributed by atoms with Crippen molar-refractivity contribution in [3.8, 4) is 0 Å². The summed E-state index contributed by atoms with van der Waals surface area (Å²) in [4.78, 5) is 0. The third kappa shape index (κ3) is 5.46. The minimum absolute atomic E-state index is 0.460. The second kappa shape index (κ2) is 8.85. The van der Waals surface area contributed by atoms with Crippen LogP contribution in [0, 0.1) is 13.8 Å². The summed E-state index contributed by atoms with van der Waals surface area (Å²) >= 11 is 0.481. The van der Waals surface area contributed by atoms with E-state index in [4.69, 9.17) is 0 Å². The predicted molar refractivity (Wildman–Crippen MR) is 111 cm³/mol. The fourth-order valence-electron chi connectivity index (χ4n) is 2.68. The van der Waals surface area contributed by atoms with Crippen molar-refractivity contribution in [2.24, 2.45) is 0 Å². The fourth-order valence-corrected chi connectivity index (χ4v) is 4.83. The molecule has 0 bridgehead atoms. The Morgan fingerprint density at radius 1 is 0.760 bits per heavy atom. The first-order valence-electron chi connectivity index (χ1n) is 8.70. The van der Waals surface area contributed by atoms with Crippen LogP contribution in [0.5, 0.6) is 0 Å². The van der Waals surface area contributed by atoms with E-state index in [1.807, 2.05) is 0 Å². The summed E-state index contributed by atoms with van der Waals surface area (Å²) in [6.45, 7) is 4.28. The summed E-state index contributed by atoms with van der Waals surface area (Å²) in [7, 11) is 0. The first-order valence-corrected chi connectivity index (χ1v) is 10.8. The third-order valence-electron chi connectivity index (χ3n) is 4.28. The van der Waals surface area contributed by atoms with Crippen LogP contribution in [0.25, 0.3) is 6.08 Å². The van der Waals surface area contributed by atoms with Gasteiger partial charge in [0, 0.05) is 0 Å². The summed E-state index contributed by atoms with van der Waals surface area (Å²) in [5.41, 5.74) is 5.31. The minimum atomic E-state index is 0.460. The molecule has 25 heavy (non-hydrogen) atoms. The molecule has 0 aliphatic heterocycles. The first kappa shape index (κ1) is 17.7. The van der Waals surface area contributed by atoms with Gasteiger partial charge in [-0.05, 0) is 0 Å². The van der Waals surface area contributed by atoms with Crippen molar-refractivity contribution in [1.82, 2.24) is 0 Å². The van der Waals surface area contributed by atoms with Gasteiger partial charge in [0.1, 0.15) is 0 Å². The molecule has 0 aliphatic rings. The third-order valence-corrected chi connectivity index (χ3v) is 6.65. The molecule has 3 aromatic rings. The van der Waals surface area contributed by atoms with Gasteiger partial charge in [-0.3, -0.25) is 0 Å².